The number of halogens is 3. The molecule has 1 aliphatic rings. The third kappa shape index (κ3) is 6.82. The van der Waals surface area contributed by atoms with Crippen LogP contribution in [0.3, 0.4) is 0 Å². The van der Waals surface area contributed by atoms with Crippen LogP contribution in [0.4, 0.5) is 13.2 Å². The fraction of sp³-hybridized carbons (Fsp3) is 0.368. The molecular formula is C19H20F3N3O3S. The quantitative estimate of drug-likeness (QED) is 0.510. The van der Waals surface area contributed by atoms with E-state index in [0.717, 1.165) is 42.1 Å². The van der Waals surface area contributed by atoms with Gasteiger partial charge in [0.2, 0.25) is 5.56 Å². The molecule has 156 valence electrons. The lowest BCUT2D eigenvalue weighted by atomic mass is 10.1. The first-order valence-corrected chi connectivity index (χ1v) is 9.72. The number of hydrogen-bond acceptors (Lipinski definition) is 6. The van der Waals surface area contributed by atoms with Crippen molar-refractivity contribution >= 4 is 17.7 Å². The molecule has 1 aromatic heterocycles. The van der Waals surface area contributed by atoms with Gasteiger partial charge in [-0.05, 0) is 42.3 Å². The minimum absolute atomic E-state index is 0.0790. The molecule has 0 atom stereocenters. The Labute approximate surface area is 169 Å². The number of benzene rings is 1. The highest BCUT2D eigenvalue weighted by molar-refractivity contribution is 7.97. The van der Waals surface area contributed by atoms with Crippen LogP contribution in [0.1, 0.15) is 18.4 Å². The molecule has 0 unspecified atom stereocenters. The normalized spacial score (nSPS) is 15.2. The van der Waals surface area contributed by atoms with Crippen molar-refractivity contribution in [1.82, 2.24) is 9.29 Å². The van der Waals surface area contributed by atoms with Crippen LogP contribution in [0.25, 0.3) is 0 Å². The maximum absolute atomic E-state index is 12.9. The average Bonchev–Trinajstić information content (AvgIpc) is 2.72. The Kier molecular flexibility index (Phi) is 7.21. The van der Waals surface area contributed by atoms with Crippen LogP contribution < -0.4 is 10.3 Å². The van der Waals surface area contributed by atoms with Crippen LogP contribution in [0, 0.1) is 0 Å². The Morgan fingerprint density at radius 1 is 1.14 bits per heavy atom. The largest absolute Gasteiger partial charge is 0.431 e. The molecule has 0 saturated carbocycles. The zero-order valence-corrected chi connectivity index (χ0v) is 16.3. The van der Waals surface area contributed by atoms with Crippen LogP contribution in [0.5, 0.6) is 5.75 Å². The molecule has 0 spiro atoms. The van der Waals surface area contributed by atoms with Gasteiger partial charge in [-0.2, -0.15) is 8.78 Å². The highest BCUT2D eigenvalue weighted by Gasteiger charge is 2.31. The van der Waals surface area contributed by atoms with Crippen molar-refractivity contribution in [3.05, 3.63) is 58.5 Å². The first kappa shape index (κ1) is 21.3. The summed E-state index contributed by atoms with van der Waals surface area (Å²) in [6.45, 7) is -0.0439. The molecule has 10 heteroatoms. The second-order valence-electron chi connectivity index (χ2n) is 6.36. The molecule has 1 N–H and O–H groups in total. The summed E-state index contributed by atoms with van der Waals surface area (Å²) in [4.78, 5) is 19.8. The number of nitrogens with one attached hydrogen (secondary N) is 1. The monoisotopic (exact) mass is 427 g/mol. The Morgan fingerprint density at radius 3 is 2.48 bits per heavy atom. The number of alkyl halides is 3. The van der Waals surface area contributed by atoms with Crippen LogP contribution in [-0.2, 0) is 11.4 Å². The molecule has 3 rings (SSSR count). The second kappa shape index (κ2) is 9.84. The number of aromatic nitrogens is 1. The number of piperidine rings is 1. The van der Waals surface area contributed by atoms with Crippen LogP contribution in [0.15, 0.2) is 57.4 Å². The molecule has 6 nitrogen and oxygen atoms in total. The van der Waals surface area contributed by atoms with Crippen molar-refractivity contribution in [3.8, 4) is 5.75 Å². The van der Waals surface area contributed by atoms with Crippen LogP contribution >= 0.6 is 11.9 Å². The number of nitrogens with zero attached hydrogens (tertiary/aromatic N) is 2. The van der Waals surface area contributed by atoms with E-state index in [0.29, 0.717) is 0 Å². The Hall–Kier alpha value is -2.46. The van der Waals surface area contributed by atoms with Crippen molar-refractivity contribution in [2.24, 2.45) is 5.16 Å². The fourth-order valence-electron chi connectivity index (χ4n) is 2.57. The van der Waals surface area contributed by atoms with E-state index < -0.39 is 12.8 Å². The van der Waals surface area contributed by atoms with E-state index in [1.165, 1.54) is 30.1 Å². The van der Waals surface area contributed by atoms with Gasteiger partial charge >= 0.3 is 6.11 Å². The topological polar surface area (TPSA) is 66.9 Å². The van der Waals surface area contributed by atoms with Gasteiger partial charge in [0.15, 0.2) is 6.67 Å². The lowest BCUT2D eigenvalue weighted by Crippen LogP contribution is -2.28. The smallest absolute Gasteiger partial charge is 0.427 e. The van der Waals surface area contributed by atoms with E-state index in [9.17, 15) is 18.0 Å². The van der Waals surface area contributed by atoms with Gasteiger partial charge in [-0.25, -0.2) is 8.70 Å². The highest BCUT2D eigenvalue weighted by Crippen LogP contribution is 2.29. The third-order valence-electron chi connectivity index (χ3n) is 4.05. The Bertz CT molecular complexity index is 860. The maximum Gasteiger partial charge on any atom is 0.427 e. The molecule has 2 heterocycles. The zero-order chi connectivity index (χ0) is 20.7. The molecule has 0 aliphatic carbocycles. The number of rotatable bonds is 8. The van der Waals surface area contributed by atoms with Crippen molar-refractivity contribution in [3.63, 3.8) is 0 Å². The van der Waals surface area contributed by atoms with Gasteiger partial charge in [0, 0.05) is 48.7 Å². The van der Waals surface area contributed by atoms with E-state index in [2.05, 4.69) is 19.2 Å². The third-order valence-corrected chi connectivity index (χ3v) is 5.16. The summed E-state index contributed by atoms with van der Waals surface area (Å²) in [7, 11) is 0. The molecule has 0 radical (unpaired) electrons. The summed E-state index contributed by atoms with van der Waals surface area (Å²) < 4.78 is 44.4. The molecule has 0 amide bonds. The first-order valence-electron chi connectivity index (χ1n) is 8.95. The summed E-state index contributed by atoms with van der Waals surface area (Å²) in [5.41, 5.74) is 1.63. The van der Waals surface area contributed by atoms with E-state index in [4.69, 9.17) is 4.84 Å². The predicted octanol–water partition coefficient (Wildman–Crippen LogP) is 3.99. The van der Waals surface area contributed by atoms with Gasteiger partial charge in [-0.1, -0.05) is 5.16 Å². The Balaban J connectivity index is 1.42. The maximum atomic E-state index is 12.9. The number of H-pyrrole nitrogens is 1. The van der Waals surface area contributed by atoms with Gasteiger partial charge < -0.3 is 14.6 Å². The number of ether oxygens (including phenoxy) is 1. The fourth-order valence-corrected chi connectivity index (χ4v) is 3.50. The van der Waals surface area contributed by atoms with E-state index in [1.54, 1.807) is 24.4 Å². The lowest BCUT2D eigenvalue weighted by Gasteiger charge is -2.26. The van der Waals surface area contributed by atoms with Crippen LogP contribution in [0.2, 0.25) is 0 Å². The molecule has 0 bridgehead atoms. The summed E-state index contributed by atoms with van der Waals surface area (Å²) in [5, 5.41) is 4.17. The number of oxime groups is 1. The Morgan fingerprint density at radius 2 is 1.86 bits per heavy atom. The van der Waals surface area contributed by atoms with Crippen molar-refractivity contribution < 1.29 is 22.7 Å². The molecule has 1 saturated heterocycles. The number of pyridine rings is 1. The van der Waals surface area contributed by atoms with Gasteiger partial charge in [0.25, 0.3) is 0 Å². The number of hydrogen-bond donors (Lipinski definition) is 1. The van der Waals surface area contributed by atoms with Crippen molar-refractivity contribution in [2.45, 2.75) is 30.5 Å². The average molecular weight is 427 g/mol. The first-order chi connectivity index (χ1) is 13.9. The molecule has 1 fully saturated rings. The minimum Gasteiger partial charge on any atom is -0.431 e. The molecule has 1 aliphatic heterocycles. The molecule has 2 aromatic rings. The van der Waals surface area contributed by atoms with Gasteiger partial charge in [0.05, 0.1) is 5.71 Å². The second-order valence-corrected chi connectivity index (χ2v) is 7.53. The predicted molar refractivity (Wildman–Crippen MR) is 104 cm³/mol. The van der Waals surface area contributed by atoms with Gasteiger partial charge in [0.1, 0.15) is 12.4 Å². The molecule has 29 heavy (non-hydrogen) atoms. The number of aromatic amines is 1. The summed E-state index contributed by atoms with van der Waals surface area (Å²) in [5.74, 6) is -0.0790. The van der Waals surface area contributed by atoms with Crippen molar-refractivity contribution in [2.75, 3.05) is 19.8 Å². The standard InChI is InChI=1S/C19H20F3N3O3S/c20-13-19(21,22)28-16-2-4-17(5-3-16)29-25-9-7-15(8-10-25)24-27-12-14-1-6-18(26)23-11-14/h1-6,11H,7-10,12-13H2,(H,23,26). The molecule has 1 aromatic carbocycles. The van der Waals surface area contributed by atoms with Gasteiger partial charge in [-0.3, -0.25) is 4.79 Å². The lowest BCUT2D eigenvalue weighted by molar-refractivity contribution is -0.186. The molecular weight excluding hydrogens is 407 g/mol. The summed E-state index contributed by atoms with van der Waals surface area (Å²) >= 11 is 1.51. The van der Waals surface area contributed by atoms with E-state index >= 15 is 0 Å². The van der Waals surface area contributed by atoms with E-state index in [-0.39, 0.29) is 17.9 Å². The summed E-state index contributed by atoms with van der Waals surface area (Å²) in [6, 6.07) is 9.23. The summed E-state index contributed by atoms with van der Waals surface area (Å²) in [6.07, 6.45) is -0.709. The SMILES string of the molecule is O=c1ccc(CON=C2CCN(Sc3ccc(OC(F)(F)CF)cc3)CC2)c[nH]1. The van der Waals surface area contributed by atoms with Crippen molar-refractivity contribution in [1.29, 1.82) is 0 Å². The highest BCUT2D eigenvalue weighted by atomic mass is 32.2. The zero-order valence-electron chi connectivity index (χ0n) is 15.4. The minimum atomic E-state index is -3.81. The van der Waals surface area contributed by atoms with Crippen LogP contribution in [-0.4, -0.2) is 40.9 Å². The van der Waals surface area contributed by atoms with E-state index in [1.807, 2.05) is 0 Å². The van der Waals surface area contributed by atoms with Gasteiger partial charge in [-0.15, -0.1) is 0 Å².